The zero-order valence-electron chi connectivity index (χ0n) is 12.9. The Morgan fingerprint density at radius 2 is 1.33 bits per heavy atom. The molecule has 0 saturated heterocycles. The monoisotopic (exact) mass is 438 g/mol. The predicted octanol–water partition coefficient (Wildman–Crippen LogP) is 4.06. The molecule has 0 saturated carbocycles. The first-order valence-corrected chi connectivity index (χ1v) is 8.40. The first-order valence-electron chi connectivity index (χ1n) is 6.99. The zero-order valence-corrected chi connectivity index (χ0v) is 13.7. The smallest absolute Gasteiger partial charge is 0.460 e. The summed E-state index contributed by atoms with van der Waals surface area (Å²) in [4.78, 5) is 11.0. The van der Waals surface area contributed by atoms with Crippen LogP contribution in [0.3, 0.4) is 0 Å². The van der Waals surface area contributed by atoms with Crippen LogP contribution >= 0.6 is 0 Å². The lowest BCUT2D eigenvalue weighted by Crippen LogP contribution is -2.63. The average molecular weight is 438 g/mol. The molecule has 0 aromatic carbocycles. The highest BCUT2D eigenvalue weighted by Crippen LogP contribution is 2.55. The van der Waals surface area contributed by atoms with E-state index in [4.69, 9.17) is 5.11 Å². The number of rotatable bonds is 6. The van der Waals surface area contributed by atoms with Crippen LogP contribution in [0.2, 0.25) is 0 Å². The summed E-state index contributed by atoms with van der Waals surface area (Å²) in [7, 11) is -7.13. The summed E-state index contributed by atoms with van der Waals surface area (Å²) in [6.07, 6.45) is -7.89. The van der Waals surface area contributed by atoms with Crippen LogP contribution in [0.4, 0.5) is 39.5 Å². The molecule has 1 rings (SSSR count). The molecule has 0 unspecified atom stereocenters. The average Bonchev–Trinajstić information content (AvgIpc) is 2.70. The van der Waals surface area contributed by atoms with Crippen molar-refractivity contribution in [1.82, 2.24) is 0 Å². The molecule has 1 N–H and O–H groups in total. The molecule has 0 bridgehead atoms. The summed E-state index contributed by atoms with van der Waals surface area (Å²) in [6.45, 7) is 0. The van der Waals surface area contributed by atoms with Crippen LogP contribution in [0.15, 0.2) is 11.3 Å². The first kappa shape index (κ1) is 23.4. The van der Waals surface area contributed by atoms with Gasteiger partial charge in [-0.1, -0.05) is 6.42 Å². The van der Waals surface area contributed by atoms with Gasteiger partial charge in [-0.05, 0) is 19.3 Å². The van der Waals surface area contributed by atoms with Gasteiger partial charge < -0.3 is 9.29 Å². The highest BCUT2D eigenvalue weighted by atomic mass is 32.2. The fourth-order valence-electron chi connectivity index (χ4n) is 2.08. The standard InChI is InChI=1S/C12H11F9O5S/c13-9(14,11(17,18)19)10(15,16)12(20,21)27(24,25)26-7-5-3-1-2-4-6(7)8(22)23/h1-5H2,(H,22,23). The molecule has 0 spiro atoms. The van der Waals surface area contributed by atoms with Crippen LogP contribution in [0.5, 0.6) is 0 Å². The van der Waals surface area contributed by atoms with Crippen LogP contribution in [0, 0.1) is 0 Å². The molecule has 0 fully saturated rings. The third-order valence-electron chi connectivity index (χ3n) is 3.57. The summed E-state index contributed by atoms with van der Waals surface area (Å²) < 4.78 is 142. The number of aliphatic carboxylic acids is 1. The largest absolute Gasteiger partial charge is 0.478 e. The minimum Gasteiger partial charge on any atom is -0.478 e. The quantitative estimate of drug-likeness (QED) is 0.500. The lowest BCUT2D eigenvalue weighted by atomic mass is 10.1. The topological polar surface area (TPSA) is 80.7 Å². The van der Waals surface area contributed by atoms with Crippen molar-refractivity contribution in [3.05, 3.63) is 11.3 Å². The van der Waals surface area contributed by atoms with Gasteiger partial charge in [0.2, 0.25) is 0 Å². The molecule has 0 heterocycles. The maximum atomic E-state index is 13.6. The number of hydrogen-bond acceptors (Lipinski definition) is 4. The lowest BCUT2D eigenvalue weighted by molar-refractivity contribution is -0.382. The molecule has 15 heteroatoms. The van der Waals surface area contributed by atoms with Crippen molar-refractivity contribution in [2.24, 2.45) is 0 Å². The molecule has 0 aliphatic heterocycles. The van der Waals surface area contributed by atoms with Crippen molar-refractivity contribution in [1.29, 1.82) is 0 Å². The molecule has 27 heavy (non-hydrogen) atoms. The second kappa shape index (κ2) is 7.05. The maximum absolute atomic E-state index is 13.6. The number of carboxylic acids is 1. The summed E-state index contributed by atoms with van der Waals surface area (Å²) in [6, 6.07) is 0. The van der Waals surface area contributed by atoms with Crippen molar-refractivity contribution < 1.29 is 62.0 Å². The Labute approximate surface area is 145 Å². The molecular formula is C12H11F9O5S. The Bertz CT molecular complexity index is 724. The molecular weight excluding hydrogens is 427 g/mol. The Balaban J connectivity index is 3.42. The van der Waals surface area contributed by atoms with Gasteiger partial charge in [-0.2, -0.15) is 47.9 Å². The van der Waals surface area contributed by atoms with E-state index in [-0.39, 0.29) is 19.3 Å². The number of carboxylic acid groups (broad SMARTS) is 1. The van der Waals surface area contributed by atoms with Crippen LogP contribution < -0.4 is 0 Å². The number of hydrogen-bond donors (Lipinski definition) is 1. The van der Waals surface area contributed by atoms with E-state index < -0.39 is 63.5 Å². The summed E-state index contributed by atoms with van der Waals surface area (Å²) in [5, 5.41) is 1.87. The van der Waals surface area contributed by atoms with Gasteiger partial charge >= 0.3 is 39.4 Å². The van der Waals surface area contributed by atoms with E-state index in [0.29, 0.717) is 0 Å². The summed E-state index contributed by atoms with van der Waals surface area (Å²) >= 11 is 0. The van der Waals surface area contributed by atoms with Crippen molar-refractivity contribution in [2.45, 2.75) is 55.4 Å². The van der Waals surface area contributed by atoms with Crippen molar-refractivity contribution in [2.75, 3.05) is 0 Å². The van der Waals surface area contributed by atoms with Crippen LogP contribution in [0.25, 0.3) is 0 Å². The second-order valence-electron chi connectivity index (χ2n) is 5.47. The second-order valence-corrected chi connectivity index (χ2v) is 7.06. The van der Waals surface area contributed by atoms with E-state index in [1.807, 2.05) is 0 Å². The molecule has 0 atom stereocenters. The van der Waals surface area contributed by atoms with Crippen LogP contribution in [-0.2, 0) is 19.1 Å². The van der Waals surface area contributed by atoms with E-state index in [0.717, 1.165) is 0 Å². The van der Waals surface area contributed by atoms with Gasteiger partial charge in [0, 0.05) is 6.42 Å². The van der Waals surface area contributed by atoms with Gasteiger partial charge in [0.25, 0.3) is 0 Å². The van der Waals surface area contributed by atoms with Crippen LogP contribution in [-0.4, -0.2) is 42.8 Å². The van der Waals surface area contributed by atoms with Crippen molar-refractivity contribution >= 4 is 16.1 Å². The Kier molecular flexibility index (Phi) is 6.10. The molecule has 0 amide bonds. The van der Waals surface area contributed by atoms with E-state index in [9.17, 15) is 52.7 Å². The predicted molar refractivity (Wildman–Crippen MR) is 68.6 cm³/mol. The zero-order chi connectivity index (χ0) is 21.5. The highest BCUT2D eigenvalue weighted by Gasteiger charge is 2.86. The summed E-state index contributed by atoms with van der Waals surface area (Å²) in [5.74, 6) is -17.9. The van der Waals surface area contributed by atoms with Gasteiger partial charge in [0.1, 0.15) is 5.76 Å². The minimum atomic E-state index is -7.44. The molecule has 0 aromatic heterocycles. The maximum Gasteiger partial charge on any atom is 0.460 e. The van der Waals surface area contributed by atoms with Crippen molar-refractivity contribution in [3.8, 4) is 0 Å². The van der Waals surface area contributed by atoms with Gasteiger partial charge in [0.05, 0.1) is 5.57 Å². The van der Waals surface area contributed by atoms with Crippen LogP contribution in [0.1, 0.15) is 32.1 Å². The van der Waals surface area contributed by atoms with Gasteiger partial charge in [-0.3, -0.25) is 0 Å². The molecule has 1 aliphatic carbocycles. The van der Waals surface area contributed by atoms with Gasteiger partial charge in [-0.15, -0.1) is 0 Å². The van der Waals surface area contributed by atoms with E-state index in [2.05, 4.69) is 4.18 Å². The number of halogens is 9. The number of carbonyl (C=O) groups is 1. The minimum absolute atomic E-state index is 0.0255. The molecule has 1 aliphatic rings. The lowest BCUT2D eigenvalue weighted by Gasteiger charge is -2.32. The SMILES string of the molecule is O=C(O)C1=C(OS(=O)(=O)C(F)(F)C(F)(F)C(F)(F)C(F)(F)F)CCCCC1. The molecule has 0 aromatic rings. The third-order valence-corrected chi connectivity index (χ3v) is 4.87. The Hall–Kier alpha value is -1.67. The normalized spacial score (nSPS) is 18.3. The van der Waals surface area contributed by atoms with Gasteiger partial charge in [-0.25, -0.2) is 4.79 Å². The molecule has 5 nitrogen and oxygen atoms in total. The fraction of sp³-hybridized carbons (Fsp3) is 0.750. The number of allylic oxidation sites excluding steroid dienone is 1. The van der Waals surface area contributed by atoms with E-state index in [1.54, 1.807) is 0 Å². The Morgan fingerprint density at radius 1 is 0.852 bits per heavy atom. The van der Waals surface area contributed by atoms with Gasteiger partial charge in [0.15, 0.2) is 0 Å². The Morgan fingerprint density at radius 3 is 1.78 bits per heavy atom. The number of alkyl halides is 9. The molecule has 0 radical (unpaired) electrons. The van der Waals surface area contributed by atoms with Crippen molar-refractivity contribution in [3.63, 3.8) is 0 Å². The van der Waals surface area contributed by atoms with E-state index >= 15 is 0 Å². The fourth-order valence-corrected chi connectivity index (χ4v) is 3.07. The summed E-state index contributed by atoms with van der Waals surface area (Å²) in [5.41, 5.74) is -0.891. The molecule has 158 valence electrons. The third kappa shape index (κ3) is 3.96. The van der Waals surface area contributed by atoms with E-state index in [1.165, 1.54) is 0 Å². The highest BCUT2D eigenvalue weighted by molar-refractivity contribution is 7.88. The first-order chi connectivity index (χ1) is 11.9.